The third kappa shape index (κ3) is 3.49. The van der Waals surface area contributed by atoms with Crippen LogP contribution in [0.4, 0.5) is 0 Å². The Hall–Kier alpha value is -1.70. The maximum atomic E-state index is 12.4. The van der Waals surface area contributed by atoms with Gasteiger partial charge in [0.05, 0.1) is 5.69 Å². The molecule has 0 aromatic carbocycles. The molecule has 0 aliphatic heterocycles. The number of carbonyl (C=O) groups excluding carboxylic acids is 3. The van der Waals surface area contributed by atoms with Crippen molar-refractivity contribution in [1.29, 1.82) is 0 Å². The van der Waals surface area contributed by atoms with Crippen molar-refractivity contribution in [2.24, 2.45) is 0 Å². The molecule has 7 nitrogen and oxygen atoms in total. The quantitative estimate of drug-likeness (QED) is 0.807. The van der Waals surface area contributed by atoms with Gasteiger partial charge in [-0.2, -0.15) is 0 Å². The number of halogens is 1. The van der Waals surface area contributed by atoms with Crippen LogP contribution < -0.4 is 11.0 Å². The lowest BCUT2D eigenvalue weighted by Gasteiger charge is -2.20. The Morgan fingerprint density at radius 3 is 1.90 bits per heavy atom. The van der Waals surface area contributed by atoms with E-state index in [1.807, 2.05) is 0 Å². The molecule has 0 atom stereocenters. The fourth-order valence-electron chi connectivity index (χ4n) is 1.92. The number of imidazole rings is 1. The molecule has 0 bridgehead atoms. The van der Waals surface area contributed by atoms with Crippen LogP contribution in [0.3, 0.4) is 0 Å². The number of carbonyl (C=O) groups is 3. The number of nitrogens with one attached hydrogen (secondary N) is 1. The molecular formula is C13H18BrN3O4. The van der Waals surface area contributed by atoms with Gasteiger partial charge in [-0.1, -0.05) is 15.9 Å². The minimum absolute atomic E-state index is 0.0923. The predicted octanol–water partition coefficient (Wildman–Crippen LogP) is 1.39. The van der Waals surface area contributed by atoms with E-state index >= 15 is 0 Å². The number of alkyl halides is 1. The van der Waals surface area contributed by atoms with Crippen LogP contribution in [0.5, 0.6) is 0 Å². The Kier molecular flexibility index (Phi) is 4.93. The van der Waals surface area contributed by atoms with Crippen LogP contribution in [0, 0.1) is 0 Å². The highest BCUT2D eigenvalue weighted by Gasteiger charge is 2.29. The molecule has 0 aliphatic rings. The molecule has 1 aromatic rings. The van der Waals surface area contributed by atoms with Crippen molar-refractivity contribution in [3.8, 4) is 0 Å². The average Bonchev–Trinajstić information content (AvgIpc) is 2.59. The first-order valence-electron chi connectivity index (χ1n) is 6.28. The van der Waals surface area contributed by atoms with Crippen LogP contribution in [0.1, 0.15) is 60.4 Å². The van der Waals surface area contributed by atoms with Crippen LogP contribution in [0.2, 0.25) is 0 Å². The first kappa shape index (κ1) is 17.4. The zero-order valence-corrected chi connectivity index (χ0v) is 14.2. The Morgan fingerprint density at radius 2 is 1.57 bits per heavy atom. The summed E-state index contributed by atoms with van der Waals surface area (Å²) in [5.74, 6) is -1.76. The summed E-state index contributed by atoms with van der Waals surface area (Å²) in [7, 11) is 0. The second-order valence-corrected chi connectivity index (χ2v) is 6.19. The first-order valence-corrected chi connectivity index (χ1v) is 7.40. The molecular weight excluding hydrogens is 342 g/mol. The number of hydrogen-bond donors (Lipinski definition) is 1. The van der Waals surface area contributed by atoms with E-state index in [2.05, 4.69) is 21.2 Å². The van der Waals surface area contributed by atoms with E-state index < -0.39 is 29.0 Å². The Balaban J connectivity index is 3.67. The fraction of sp³-hybridized carbons (Fsp3) is 0.538. The Labute approximate surface area is 130 Å². The summed E-state index contributed by atoms with van der Waals surface area (Å²) >= 11 is 3.16. The van der Waals surface area contributed by atoms with E-state index in [9.17, 15) is 19.2 Å². The highest BCUT2D eigenvalue weighted by atomic mass is 79.9. The molecule has 8 heteroatoms. The number of nitrogens with zero attached hydrogens (tertiary/aromatic N) is 2. The summed E-state index contributed by atoms with van der Waals surface area (Å²) in [6.45, 7) is 7.69. The molecule has 1 amide bonds. The standard InChI is InChI=1S/C13H18BrN3O4/c1-7(18)16-9(6-14)10(11(20)15-13(3,4)5)17(8(2)19)12(16)21/h6H2,1-5H3,(H,15,20). The molecule has 1 aromatic heterocycles. The van der Waals surface area contributed by atoms with E-state index in [0.717, 1.165) is 16.1 Å². The number of rotatable bonds is 2. The SMILES string of the molecule is CC(=O)n1c(CBr)c(C(=O)NC(C)(C)C)n(C(C)=O)c1=O. The van der Waals surface area contributed by atoms with Gasteiger partial charge in [-0.05, 0) is 20.8 Å². The van der Waals surface area contributed by atoms with Gasteiger partial charge in [-0.15, -0.1) is 0 Å². The van der Waals surface area contributed by atoms with Crippen molar-refractivity contribution < 1.29 is 14.4 Å². The van der Waals surface area contributed by atoms with Crippen molar-refractivity contribution >= 4 is 33.7 Å². The van der Waals surface area contributed by atoms with E-state index in [0.29, 0.717) is 0 Å². The Morgan fingerprint density at radius 1 is 1.10 bits per heavy atom. The third-order valence-electron chi connectivity index (χ3n) is 2.61. The lowest BCUT2D eigenvalue weighted by atomic mass is 10.1. The minimum atomic E-state index is -0.830. The first-order chi connectivity index (χ1) is 9.51. The van der Waals surface area contributed by atoms with Crippen LogP contribution in [-0.2, 0) is 5.33 Å². The maximum absolute atomic E-state index is 12.4. The van der Waals surface area contributed by atoms with E-state index in [1.54, 1.807) is 20.8 Å². The van der Waals surface area contributed by atoms with E-state index in [4.69, 9.17) is 0 Å². The van der Waals surface area contributed by atoms with Crippen LogP contribution in [0.25, 0.3) is 0 Å². The lowest BCUT2D eigenvalue weighted by molar-refractivity contribution is 0.0864. The molecule has 0 unspecified atom stereocenters. The molecule has 1 rings (SSSR count). The second-order valence-electron chi connectivity index (χ2n) is 5.62. The normalized spacial score (nSPS) is 11.3. The molecule has 0 fully saturated rings. The Bertz CT molecular complexity index is 664. The molecule has 0 spiro atoms. The summed E-state index contributed by atoms with van der Waals surface area (Å²) in [6, 6.07) is 0. The van der Waals surface area contributed by atoms with Gasteiger partial charge in [0.15, 0.2) is 0 Å². The molecule has 0 saturated heterocycles. The highest BCUT2D eigenvalue weighted by molar-refractivity contribution is 9.08. The number of aromatic nitrogens is 2. The van der Waals surface area contributed by atoms with Gasteiger partial charge in [0.25, 0.3) is 5.91 Å². The number of hydrogen-bond acceptors (Lipinski definition) is 4. The molecule has 21 heavy (non-hydrogen) atoms. The summed E-state index contributed by atoms with van der Waals surface area (Å²) in [5.41, 5.74) is -1.33. The van der Waals surface area contributed by atoms with Crippen LogP contribution >= 0.6 is 15.9 Å². The van der Waals surface area contributed by atoms with Crippen LogP contribution in [0.15, 0.2) is 4.79 Å². The van der Waals surface area contributed by atoms with Crippen molar-refractivity contribution in [3.63, 3.8) is 0 Å². The monoisotopic (exact) mass is 359 g/mol. The van der Waals surface area contributed by atoms with Crippen molar-refractivity contribution in [1.82, 2.24) is 14.5 Å². The minimum Gasteiger partial charge on any atom is -0.346 e. The van der Waals surface area contributed by atoms with Gasteiger partial charge in [-0.25, -0.2) is 13.9 Å². The second kappa shape index (κ2) is 5.97. The zero-order chi connectivity index (χ0) is 16.5. The molecule has 1 heterocycles. The number of amides is 1. The molecule has 0 aliphatic carbocycles. The zero-order valence-electron chi connectivity index (χ0n) is 12.6. The maximum Gasteiger partial charge on any atom is 0.342 e. The summed E-state index contributed by atoms with van der Waals surface area (Å²) < 4.78 is 1.55. The van der Waals surface area contributed by atoms with Gasteiger partial charge in [-0.3, -0.25) is 14.4 Å². The topological polar surface area (TPSA) is 90.2 Å². The summed E-state index contributed by atoms with van der Waals surface area (Å²) in [6.07, 6.45) is 0. The van der Waals surface area contributed by atoms with Gasteiger partial charge < -0.3 is 5.32 Å². The third-order valence-corrected chi connectivity index (χ3v) is 3.14. The largest absolute Gasteiger partial charge is 0.346 e. The molecule has 0 saturated carbocycles. The van der Waals surface area contributed by atoms with Gasteiger partial charge in [0.2, 0.25) is 11.8 Å². The lowest BCUT2D eigenvalue weighted by Crippen LogP contribution is -2.42. The molecule has 116 valence electrons. The van der Waals surface area contributed by atoms with Gasteiger partial charge in [0.1, 0.15) is 5.69 Å². The van der Waals surface area contributed by atoms with Crippen LogP contribution in [-0.4, -0.2) is 32.4 Å². The molecule has 1 N–H and O–H groups in total. The van der Waals surface area contributed by atoms with Crippen molar-refractivity contribution in [3.05, 3.63) is 21.9 Å². The smallest absolute Gasteiger partial charge is 0.342 e. The summed E-state index contributed by atoms with van der Waals surface area (Å²) in [4.78, 5) is 47.9. The average molecular weight is 360 g/mol. The van der Waals surface area contributed by atoms with E-state index in [-0.39, 0.29) is 16.7 Å². The summed E-state index contributed by atoms with van der Waals surface area (Å²) in [5, 5.41) is 2.78. The van der Waals surface area contributed by atoms with Gasteiger partial charge >= 0.3 is 5.69 Å². The fourth-order valence-corrected chi connectivity index (χ4v) is 2.43. The van der Waals surface area contributed by atoms with Crippen molar-refractivity contribution in [2.45, 2.75) is 45.5 Å². The van der Waals surface area contributed by atoms with Gasteiger partial charge in [0, 0.05) is 24.7 Å². The van der Waals surface area contributed by atoms with Crippen molar-refractivity contribution in [2.75, 3.05) is 0 Å². The van der Waals surface area contributed by atoms with E-state index in [1.165, 1.54) is 6.92 Å². The highest BCUT2D eigenvalue weighted by Crippen LogP contribution is 2.14. The predicted molar refractivity (Wildman–Crippen MR) is 81.1 cm³/mol. The molecule has 0 radical (unpaired) electrons.